The van der Waals surface area contributed by atoms with Crippen LogP contribution in [0.5, 0.6) is 0 Å². The zero-order chi connectivity index (χ0) is 23.0. The summed E-state index contributed by atoms with van der Waals surface area (Å²) >= 11 is 0. The molecule has 1 aromatic carbocycles. The highest BCUT2D eigenvalue weighted by atomic mass is 32.2. The molecule has 0 saturated carbocycles. The van der Waals surface area contributed by atoms with Crippen molar-refractivity contribution in [2.45, 2.75) is 37.8 Å². The molecule has 7 nitrogen and oxygen atoms in total. The maximum absolute atomic E-state index is 13.2. The van der Waals surface area contributed by atoms with Gasteiger partial charge in [0.2, 0.25) is 15.9 Å². The molecule has 0 radical (unpaired) electrons. The Hall–Kier alpha value is -2.40. The van der Waals surface area contributed by atoms with E-state index in [9.17, 15) is 26.4 Å². The molecule has 0 aliphatic carbocycles. The number of aryl methyl sites for hydroxylation is 2. The van der Waals surface area contributed by atoms with Gasteiger partial charge in [-0.1, -0.05) is 12.1 Å². The quantitative estimate of drug-likeness (QED) is 0.706. The molecule has 3 rings (SSSR count). The van der Waals surface area contributed by atoms with Crippen molar-refractivity contribution in [3.63, 3.8) is 0 Å². The van der Waals surface area contributed by atoms with E-state index in [1.807, 2.05) is 0 Å². The first-order chi connectivity index (χ1) is 14.4. The lowest BCUT2D eigenvalue weighted by atomic mass is 10.1. The van der Waals surface area contributed by atoms with Crippen molar-refractivity contribution in [2.75, 3.05) is 26.2 Å². The Kier molecular flexibility index (Phi) is 6.47. The van der Waals surface area contributed by atoms with E-state index in [1.165, 1.54) is 21.1 Å². The molecule has 1 fully saturated rings. The monoisotopic (exact) mass is 458 g/mol. The number of alkyl halides is 3. The van der Waals surface area contributed by atoms with Gasteiger partial charge in [-0.3, -0.25) is 9.48 Å². The van der Waals surface area contributed by atoms with Crippen molar-refractivity contribution < 1.29 is 26.4 Å². The van der Waals surface area contributed by atoms with Crippen molar-refractivity contribution in [3.8, 4) is 0 Å². The molecule has 0 spiro atoms. The van der Waals surface area contributed by atoms with Crippen LogP contribution in [0.4, 0.5) is 13.2 Å². The molecule has 1 saturated heterocycles. The van der Waals surface area contributed by atoms with E-state index in [2.05, 4.69) is 5.10 Å². The maximum atomic E-state index is 13.2. The second-order valence-electron chi connectivity index (χ2n) is 7.63. The fraction of sp³-hybridized carbons (Fsp3) is 0.500. The van der Waals surface area contributed by atoms with Crippen LogP contribution in [0.25, 0.3) is 0 Å². The smallest absolute Gasteiger partial charge is 0.341 e. The Labute approximate surface area is 179 Å². The number of carbonyl (C=O) groups excluding carboxylic acids is 1. The van der Waals surface area contributed by atoms with Gasteiger partial charge in [-0.15, -0.1) is 0 Å². The first-order valence-corrected chi connectivity index (χ1v) is 11.3. The van der Waals surface area contributed by atoms with Gasteiger partial charge in [0, 0.05) is 33.2 Å². The van der Waals surface area contributed by atoms with Gasteiger partial charge >= 0.3 is 6.18 Å². The van der Waals surface area contributed by atoms with E-state index in [4.69, 9.17) is 0 Å². The zero-order valence-electron chi connectivity index (χ0n) is 17.6. The van der Waals surface area contributed by atoms with Crippen molar-refractivity contribution in [1.82, 2.24) is 19.0 Å². The molecule has 1 amide bonds. The number of hydrogen-bond donors (Lipinski definition) is 0. The second kappa shape index (κ2) is 8.62. The topological polar surface area (TPSA) is 75.5 Å². The van der Waals surface area contributed by atoms with E-state index in [0.29, 0.717) is 29.9 Å². The Morgan fingerprint density at radius 3 is 2.26 bits per heavy atom. The molecule has 0 unspecified atom stereocenters. The molecule has 1 aromatic heterocycles. The van der Waals surface area contributed by atoms with Crippen LogP contribution in [-0.4, -0.2) is 59.5 Å². The Bertz CT molecular complexity index is 1060. The number of nitrogens with zero attached hydrogens (tertiary/aromatic N) is 4. The van der Waals surface area contributed by atoms with Crippen LogP contribution >= 0.6 is 0 Å². The maximum Gasteiger partial charge on any atom is 0.416 e. The minimum atomic E-state index is -4.42. The first-order valence-electron chi connectivity index (χ1n) is 9.85. The molecule has 2 aromatic rings. The standard InChI is InChI=1S/C20H25F3N4O3S/c1-14-19(15(2)25(3)24-14)31(29,30)27-10-4-9-26(11-12-27)18(28)13-16-5-7-17(8-6-16)20(21,22)23/h5-8H,4,9-13H2,1-3H3. The van der Waals surface area contributed by atoms with Gasteiger partial charge in [0.15, 0.2) is 0 Å². The predicted molar refractivity (Wildman–Crippen MR) is 108 cm³/mol. The number of benzene rings is 1. The summed E-state index contributed by atoms with van der Waals surface area (Å²) in [5.41, 5.74) is 0.699. The summed E-state index contributed by atoms with van der Waals surface area (Å²) in [5.74, 6) is -0.243. The van der Waals surface area contributed by atoms with Crippen LogP contribution in [0.1, 0.15) is 28.9 Å². The first kappa shape index (κ1) is 23.3. The summed E-state index contributed by atoms with van der Waals surface area (Å²) in [7, 11) is -2.06. The summed E-state index contributed by atoms with van der Waals surface area (Å²) in [5, 5.41) is 4.18. The molecule has 1 aliphatic rings. The highest BCUT2D eigenvalue weighted by Crippen LogP contribution is 2.29. The molecule has 11 heteroatoms. The summed E-state index contributed by atoms with van der Waals surface area (Å²) < 4.78 is 67.3. The van der Waals surface area contributed by atoms with Gasteiger partial charge in [-0.2, -0.15) is 22.6 Å². The van der Waals surface area contributed by atoms with Gasteiger partial charge in [0.1, 0.15) is 4.90 Å². The minimum Gasteiger partial charge on any atom is -0.341 e. The molecule has 0 N–H and O–H groups in total. The summed E-state index contributed by atoms with van der Waals surface area (Å²) in [6, 6.07) is 4.50. The van der Waals surface area contributed by atoms with Gasteiger partial charge in [0.05, 0.1) is 23.4 Å². The largest absolute Gasteiger partial charge is 0.416 e. The molecule has 0 bridgehead atoms. The molecule has 31 heavy (non-hydrogen) atoms. The lowest BCUT2D eigenvalue weighted by Gasteiger charge is -2.22. The number of sulfonamides is 1. The number of rotatable bonds is 4. The van der Waals surface area contributed by atoms with Crippen LogP contribution in [0.15, 0.2) is 29.2 Å². The Morgan fingerprint density at radius 1 is 1.06 bits per heavy atom. The number of halogens is 3. The molecular weight excluding hydrogens is 433 g/mol. The SMILES string of the molecule is Cc1nn(C)c(C)c1S(=O)(=O)N1CCCN(C(=O)Cc2ccc(C(F)(F)F)cc2)CC1. The van der Waals surface area contributed by atoms with Crippen LogP contribution in [-0.2, 0) is 34.5 Å². The predicted octanol–water partition coefficient (Wildman–Crippen LogP) is 2.52. The molecule has 2 heterocycles. The number of hydrogen-bond acceptors (Lipinski definition) is 4. The average Bonchev–Trinajstić information content (AvgIpc) is 2.86. The fourth-order valence-electron chi connectivity index (χ4n) is 3.74. The molecular formula is C20H25F3N4O3S. The van der Waals surface area contributed by atoms with Crippen LogP contribution in [0.2, 0.25) is 0 Å². The van der Waals surface area contributed by atoms with Gasteiger partial charge in [-0.05, 0) is 38.0 Å². The summed E-state index contributed by atoms with van der Waals surface area (Å²) in [6.07, 6.45) is -3.99. The summed E-state index contributed by atoms with van der Waals surface area (Å²) in [4.78, 5) is 14.4. The van der Waals surface area contributed by atoms with Crippen LogP contribution in [0, 0.1) is 13.8 Å². The third-order valence-electron chi connectivity index (χ3n) is 5.48. The highest BCUT2D eigenvalue weighted by molar-refractivity contribution is 7.89. The van der Waals surface area contributed by atoms with E-state index in [-0.39, 0.29) is 36.9 Å². The van der Waals surface area contributed by atoms with Gasteiger partial charge < -0.3 is 4.90 Å². The third-order valence-corrected chi connectivity index (χ3v) is 7.64. The number of carbonyl (C=O) groups is 1. The van der Waals surface area contributed by atoms with Gasteiger partial charge in [0.25, 0.3) is 0 Å². The van der Waals surface area contributed by atoms with Crippen LogP contribution in [0.3, 0.4) is 0 Å². The fourth-order valence-corrected chi connectivity index (χ4v) is 5.61. The van der Waals surface area contributed by atoms with Crippen molar-refractivity contribution >= 4 is 15.9 Å². The van der Waals surface area contributed by atoms with E-state index in [1.54, 1.807) is 25.8 Å². The van der Waals surface area contributed by atoms with Crippen molar-refractivity contribution in [2.24, 2.45) is 7.05 Å². The minimum absolute atomic E-state index is 0.0360. The molecule has 0 atom stereocenters. The lowest BCUT2D eigenvalue weighted by Crippen LogP contribution is -2.38. The Morgan fingerprint density at radius 2 is 1.71 bits per heavy atom. The third kappa shape index (κ3) is 4.93. The number of aromatic nitrogens is 2. The highest BCUT2D eigenvalue weighted by Gasteiger charge is 2.33. The number of amides is 1. The molecule has 170 valence electrons. The lowest BCUT2D eigenvalue weighted by molar-refractivity contribution is -0.137. The zero-order valence-corrected chi connectivity index (χ0v) is 18.4. The van der Waals surface area contributed by atoms with Crippen LogP contribution < -0.4 is 0 Å². The Balaban J connectivity index is 1.67. The average molecular weight is 459 g/mol. The van der Waals surface area contributed by atoms with Crippen molar-refractivity contribution in [3.05, 3.63) is 46.8 Å². The molecule has 1 aliphatic heterocycles. The normalized spacial score (nSPS) is 16.4. The second-order valence-corrected chi connectivity index (χ2v) is 9.51. The van der Waals surface area contributed by atoms with E-state index >= 15 is 0 Å². The van der Waals surface area contributed by atoms with E-state index in [0.717, 1.165) is 12.1 Å². The summed E-state index contributed by atoms with van der Waals surface area (Å²) in [6.45, 7) is 4.38. The van der Waals surface area contributed by atoms with Crippen molar-refractivity contribution in [1.29, 1.82) is 0 Å². The van der Waals surface area contributed by atoms with E-state index < -0.39 is 21.8 Å². The van der Waals surface area contributed by atoms with Gasteiger partial charge in [-0.25, -0.2) is 8.42 Å².